The first-order valence-corrected chi connectivity index (χ1v) is 8.15. The standard InChI is InChI=1S/C18H19N5O3/c1-25-16-7-9-17(10-8-16)26-11-3-6-18(24)20-14-4-2-5-15(12-14)23-13-19-21-22-23/h2,4-5,7-10,12-13H,3,6,11H2,1H3,(H,20,24). The molecule has 1 aromatic heterocycles. The molecule has 134 valence electrons. The van der Waals surface area contributed by atoms with Gasteiger partial charge < -0.3 is 14.8 Å². The number of anilines is 1. The van der Waals surface area contributed by atoms with Gasteiger partial charge in [-0.15, -0.1) is 5.10 Å². The molecule has 0 bridgehead atoms. The number of nitrogens with one attached hydrogen (secondary N) is 1. The van der Waals surface area contributed by atoms with Crippen molar-refractivity contribution in [1.29, 1.82) is 0 Å². The second-order valence-electron chi connectivity index (χ2n) is 5.48. The maximum Gasteiger partial charge on any atom is 0.224 e. The van der Waals surface area contributed by atoms with Crippen molar-refractivity contribution in [2.75, 3.05) is 19.0 Å². The normalized spacial score (nSPS) is 10.3. The van der Waals surface area contributed by atoms with Gasteiger partial charge in [-0.25, -0.2) is 4.68 Å². The van der Waals surface area contributed by atoms with Crippen molar-refractivity contribution in [3.8, 4) is 17.2 Å². The highest BCUT2D eigenvalue weighted by atomic mass is 16.5. The van der Waals surface area contributed by atoms with Crippen molar-refractivity contribution in [2.24, 2.45) is 0 Å². The van der Waals surface area contributed by atoms with Crippen LogP contribution in [0.25, 0.3) is 5.69 Å². The van der Waals surface area contributed by atoms with Crippen LogP contribution in [0.3, 0.4) is 0 Å². The van der Waals surface area contributed by atoms with E-state index in [0.717, 1.165) is 17.2 Å². The molecule has 1 amide bonds. The van der Waals surface area contributed by atoms with E-state index in [9.17, 15) is 4.79 Å². The zero-order valence-electron chi connectivity index (χ0n) is 14.3. The van der Waals surface area contributed by atoms with Crippen molar-refractivity contribution >= 4 is 11.6 Å². The molecule has 8 nitrogen and oxygen atoms in total. The Hall–Kier alpha value is -3.42. The lowest BCUT2D eigenvalue weighted by atomic mass is 10.2. The molecule has 0 aliphatic rings. The topological polar surface area (TPSA) is 91.2 Å². The molecule has 1 heterocycles. The van der Waals surface area contributed by atoms with Crippen LogP contribution in [0.15, 0.2) is 54.9 Å². The summed E-state index contributed by atoms with van der Waals surface area (Å²) in [7, 11) is 1.62. The number of carbonyl (C=O) groups excluding carboxylic acids is 1. The molecule has 0 saturated heterocycles. The molecule has 0 saturated carbocycles. The van der Waals surface area contributed by atoms with Crippen molar-refractivity contribution in [3.63, 3.8) is 0 Å². The lowest BCUT2D eigenvalue weighted by Crippen LogP contribution is -2.13. The van der Waals surface area contributed by atoms with Crippen molar-refractivity contribution in [2.45, 2.75) is 12.8 Å². The summed E-state index contributed by atoms with van der Waals surface area (Å²) in [6.45, 7) is 0.463. The smallest absolute Gasteiger partial charge is 0.224 e. The number of hydrogen-bond donors (Lipinski definition) is 1. The summed E-state index contributed by atoms with van der Waals surface area (Å²) in [5, 5.41) is 13.9. The summed E-state index contributed by atoms with van der Waals surface area (Å²) < 4.78 is 12.2. The second-order valence-corrected chi connectivity index (χ2v) is 5.48. The molecule has 0 unspecified atom stereocenters. The van der Waals surface area contributed by atoms with Gasteiger partial charge >= 0.3 is 0 Å². The molecule has 0 atom stereocenters. The van der Waals surface area contributed by atoms with E-state index in [2.05, 4.69) is 20.8 Å². The minimum absolute atomic E-state index is 0.0720. The van der Waals surface area contributed by atoms with Crippen LogP contribution in [0.4, 0.5) is 5.69 Å². The summed E-state index contributed by atoms with van der Waals surface area (Å²) in [5.74, 6) is 1.46. The minimum Gasteiger partial charge on any atom is -0.497 e. The minimum atomic E-state index is -0.0720. The molecule has 3 aromatic rings. The number of benzene rings is 2. The number of nitrogens with zero attached hydrogens (tertiary/aromatic N) is 4. The number of methoxy groups -OCH3 is 1. The van der Waals surface area contributed by atoms with E-state index in [1.54, 1.807) is 7.11 Å². The van der Waals surface area contributed by atoms with Crippen LogP contribution in [0.2, 0.25) is 0 Å². The van der Waals surface area contributed by atoms with Crippen LogP contribution >= 0.6 is 0 Å². The average Bonchev–Trinajstić information content (AvgIpc) is 3.21. The number of rotatable bonds is 8. The van der Waals surface area contributed by atoms with Crippen LogP contribution in [-0.2, 0) is 4.79 Å². The highest BCUT2D eigenvalue weighted by Crippen LogP contribution is 2.17. The van der Waals surface area contributed by atoms with E-state index in [1.807, 2.05) is 48.5 Å². The molecule has 0 fully saturated rings. The maximum atomic E-state index is 12.1. The molecule has 3 rings (SSSR count). The van der Waals surface area contributed by atoms with E-state index < -0.39 is 0 Å². The first-order valence-electron chi connectivity index (χ1n) is 8.15. The summed E-state index contributed by atoms with van der Waals surface area (Å²) in [4.78, 5) is 12.1. The van der Waals surface area contributed by atoms with E-state index in [-0.39, 0.29) is 5.91 Å². The van der Waals surface area contributed by atoms with Crippen molar-refractivity contribution < 1.29 is 14.3 Å². The Morgan fingerprint density at radius 3 is 2.69 bits per heavy atom. The van der Waals surface area contributed by atoms with Gasteiger partial charge in [0.05, 0.1) is 19.4 Å². The monoisotopic (exact) mass is 353 g/mol. The molecule has 0 aliphatic carbocycles. The van der Waals surface area contributed by atoms with Crippen LogP contribution < -0.4 is 14.8 Å². The SMILES string of the molecule is COc1ccc(OCCCC(=O)Nc2cccc(-n3cnnn3)c2)cc1. The Morgan fingerprint density at radius 1 is 1.15 bits per heavy atom. The first kappa shape index (κ1) is 17.4. The number of aromatic nitrogens is 4. The molecule has 8 heteroatoms. The van der Waals surface area contributed by atoms with Gasteiger partial charge in [-0.3, -0.25) is 4.79 Å². The number of ether oxygens (including phenoxy) is 2. The van der Waals surface area contributed by atoms with Crippen LogP contribution in [-0.4, -0.2) is 39.8 Å². The van der Waals surface area contributed by atoms with E-state index in [0.29, 0.717) is 25.1 Å². The Labute approximate surface area is 150 Å². The fourth-order valence-electron chi connectivity index (χ4n) is 2.32. The predicted molar refractivity (Wildman–Crippen MR) is 95.5 cm³/mol. The van der Waals surface area contributed by atoms with Gasteiger partial charge in [0.2, 0.25) is 5.91 Å². The Kier molecular flexibility index (Phi) is 5.76. The molecule has 0 aliphatic heterocycles. The summed E-state index contributed by atoms with van der Waals surface area (Å²) in [6.07, 6.45) is 2.48. The van der Waals surface area contributed by atoms with Gasteiger partial charge in [-0.05, 0) is 59.3 Å². The highest BCUT2D eigenvalue weighted by Gasteiger charge is 2.05. The molecule has 26 heavy (non-hydrogen) atoms. The maximum absolute atomic E-state index is 12.1. The molecule has 2 aromatic carbocycles. The summed E-state index contributed by atoms with van der Waals surface area (Å²) in [5.41, 5.74) is 1.47. The third-order valence-electron chi connectivity index (χ3n) is 3.62. The summed E-state index contributed by atoms with van der Waals surface area (Å²) >= 11 is 0. The first-order chi connectivity index (χ1) is 12.7. The van der Waals surface area contributed by atoms with Crippen LogP contribution in [0.1, 0.15) is 12.8 Å². The fraction of sp³-hybridized carbons (Fsp3) is 0.222. The zero-order chi connectivity index (χ0) is 18.2. The highest BCUT2D eigenvalue weighted by molar-refractivity contribution is 5.90. The Bertz CT molecular complexity index is 834. The van der Waals surface area contributed by atoms with Gasteiger partial charge in [0.15, 0.2) is 0 Å². The van der Waals surface area contributed by atoms with Gasteiger partial charge in [0.25, 0.3) is 0 Å². The van der Waals surface area contributed by atoms with E-state index in [4.69, 9.17) is 9.47 Å². The Morgan fingerprint density at radius 2 is 1.96 bits per heavy atom. The van der Waals surface area contributed by atoms with Crippen LogP contribution in [0, 0.1) is 0 Å². The largest absolute Gasteiger partial charge is 0.497 e. The molecule has 1 N–H and O–H groups in total. The van der Waals surface area contributed by atoms with Crippen molar-refractivity contribution in [3.05, 3.63) is 54.9 Å². The van der Waals surface area contributed by atoms with Gasteiger partial charge in [-0.1, -0.05) is 6.07 Å². The van der Waals surface area contributed by atoms with Gasteiger partial charge in [0.1, 0.15) is 17.8 Å². The molecule has 0 radical (unpaired) electrons. The fourth-order valence-corrected chi connectivity index (χ4v) is 2.32. The molecule has 0 spiro atoms. The lowest BCUT2D eigenvalue weighted by Gasteiger charge is -2.08. The van der Waals surface area contributed by atoms with Crippen molar-refractivity contribution in [1.82, 2.24) is 20.2 Å². The van der Waals surface area contributed by atoms with Gasteiger partial charge in [0, 0.05) is 12.1 Å². The second kappa shape index (κ2) is 8.61. The predicted octanol–water partition coefficient (Wildman–Crippen LogP) is 2.47. The lowest BCUT2D eigenvalue weighted by molar-refractivity contribution is -0.116. The third-order valence-corrected chi connectivity index (χ3v) is 3.62. The van der Waals surface area contributed by atoms with Crippen LogP contribution in [0.5, 0.6) is 11.5 Å². The Balaban J connectivity index is 1.43. The third kappa shape index (κ3) is 4.79. The van der Waals surface area contributed by atoms with Gasteiger partial charge in [-0.2, -0.15) is 0 Å². The number of hydrogen-bond acceptors (Lipinski definition) is 6. The number of carbonyl (C=O) groups is 1. The van der Waals surface area contributed by atoms with E-state index in [1.165, 1.54) is 11.0 Å². The zero-order valence-corrected chi connectivity index (χ0v) is 14.3. The quantitative estimate of drug-likeness (QED) is 0.626. The molecular weight excluding hydrogens is 334 g/mol. The average molecular weight is 353 g/mol. The number of amides is 1. The summed E-state index contributed by atoms with van der Waals surface area (Å²) in [6, 6.07) is 14.7. The number of tetrazole rings is 1. The molecular formula is C18H19N5O3. The van der Waals surface area contributed by atoms with E-state index >= 15 is 0 Å².